The van der Waals surface area contributed by atoms with E-state index in [1.807, 2.05) is 0 Å². The van der Waals surface area contributed by atoms with Crippen LogP contribution in [0.25, 0.3) is 0 Å². The van der Waals surface area contributed by atoms with Crippen molar-refractivity contribution in [2.75, 3.05) is 52.6 Å². The molecular formula is C21H28F2N2O3. The number of benzene rings is 1. The SMILES string of the molecule is Fc1cc(OCC2COC2)c(C2CCN(C3COC4(CNC4)C3)CC2)cc1F. The van der Waals surface area contributed by atoms with Crippen LogP contribution in [0, 0.1) is 17.6 Å². The molecule has 4 fully saturated rings. The number of nitrogens with zero attached hydrogens (tertiary/aromatic N) is 1. The Morgan fingerprint density at radius 1 is 1.11 bits per heavy atom. The summed E-state index contributed by atoms with van der Waals surface area (Å²) in [4.78, 5) is 2.51. The number of hydrogen-bond donors (Lipinski definition) is 1. The first-order chi connectivity index (χ1) is 13.6. The first-order valence-corrected chi connectivity index (χ1v) is 10.4. The van der Waals surface area contributed by atoms with Gasteiger partial charge in [0.1, 0.15) is 5.75 Å². The molecule has 1 aromatic rings. The lowest BCUT2D eigenvalue weighted by Crippen LogP contribution is -2.59. The molecule has 1 unspecified atom stereocenters. The van der Waals surface area contributed by atoms with E-state index in [0.29, 0.717) is 37.5 Å². The van der Waals surface area contributed by atoms with Crippen molar-refractivity contribution in [2.24, 2.45) is 5.92 Å². The summed E-state index contributed by atoms with van der Waals surface area (Å²) in [6.07, 6.45) is 2.94. The predicted molar refractivity (Wildman–Crippen MR) is 99.7 cm³/mol. The highest BCUT2D eigenvalue weighted by atomic mass is 19.2. The van der Waals surface area contributed by atoms with Crippen molar-refractivity contribution < 1.29 is 23.0 Å². The number of rotatable bonds is 5. The van der Waals surface area contributed by atoms with E-state index in [4.69, 9.17) is 14.2 Å². The molecule has 1 atom stereocenters. The lowest BCUT2D eigenvalue weighted by atomic mass is 9.86. The normalized spacial score (nSPS) is 28.3. The van der Waals surface area contributed by atoms with Gasteiger partial charge in [-0.25, -0.2) is 8.78 Å². The van der Waals surface area contributed by atoms with Crippen LogP contribution in [-0.2, 0) is 9.47 Å². The summed E-state index contributed by atoms with van der Waals surface area (Å²) in [5.41, 5.74) is 0.870. The minimum atomic E-state index is -0.844. The number of ether oxygens (including phenoxy) is 3. The second kappa shape index (κ2) is 7.52. The lowest BCUT2D eigenvalue weighted by Gasteiger charge is -2.40. The molecule has 0 aromatic heterocycles. The summed E-state index contributed by atoms with van der Waals surface area (Å²) in [5, 5.41) is 3.31. The largest absolute Gasteiger partial charge is 0.493 e. The van der Waals surface area contributed by atoms with Gasteiger partial charge in [-0.15, -0.1) is 0 Å². The molecule has 0 radical (unpaired) electrons. The van der Waals surface area contributed by atoms with Gasteiger partial charge >= 0.3 is 0 Å². The average molecular weight is 394 g/mol. The predicted octanol–water partition coefficient (Wildman–Crippen LogP) is 2.30. The first kappa shape index (κ1) is 18.7. The van der Waals surface area contributed by atoms with E-state index < -0.39 is 11.6 Å². The zero-order valence-corrected chi connectivity index (χ0v) is 16.1. The van der Waals surface area contributed by atoms with Crippen LogP contribution in [0.4, 0.5) is 8.78 Å². The van der Waals surface area contributed by atoms with Crippen molar-refractivity contribution in [1.29, 1.82) is 0 Å². The summed E-state index contributed by atoms with van der Waals surface area (Å²) in [6.45, 7) is 6.48. The van der Waals surface area contributed by atoms with Gasteiger partial charge in [0.05, 0.1) is 32.0 Å². The fourth-order valence-corrected chi connectivity index (χ4v) is 4.86. The van der Waals surface area contributed by atoms with Gasteiger partial charge in [0.15, 0.2) is 11.6 Å². The lowest BCUT2D eigenvalue weighted by molar-refractivity contribution is -0.0510. The van der Waals surface area contributed by atoms with Gasteiger partial charge in [-0.2, -0.15) is 0 Å². The van der Waals surface area contributed by atoms with Crippen molar-refractivity contribution in [1.82, 2.24) is 10.2 Å². The maximum absolute atomic E-state index is 14.0. The first-order valence-electron chi connectivity index (χ1n) is 10.4. The second-order valence-electron chi connectivity index (χ2n) is 8.78. The van der Waals surface area contributed by atoms with E-state index in [-0.39, 0.29) is 11.5 Å². The number of piperidine rings is 1. The molecule has 4 saturated heterocycles. The molecule has 5 nitrogen and oxygen atoms in total. The molecule has 4 heterocycles. The van der Waals surface area contributed by atoms with Gasteiger partial charge in [-0.1, -0.05) is 0 Å². The third-order valence-electron chi connectivity index (χ3n) is 6.80. The summed E-state index contributed by atoms with van der Waals surface area (Å²) >= 11 is 0. The van der Waals surface area contributed by atoms with Crippen molar-refractivity contribution in [3.63, 3.8) is 0 Å². The highest BCUT2D eigenvalue weighted by Gasteiger charge is 2.47. The van der Waals surface area contributed by atoms with E-state index in [9.17, 15) is 8.78 Å². The van der Waals surface area contributed by atoms with Crippen molar-refractivity contribution >= 4 is 0 Å². The zero-order valence-electron chi connectivity index (χ0n) is 16.1. The van der Waals surface area contributed by atoms with Crippen molar-refractivity contribution in [3.8, 4) is 5.75 Å². The van der Waals surface area contributed by atoms with E-state index in [1.165, 1.54) is 12.1 Å². The van der Waals surface area contributed by atoms with Gasteiger partial charge in [0, 0.05) is 36.7 Å². The maximum atomic E-state index is 14.0. The number of likely N-dealkylation sites (tertiary alicyclic amines) is 1. The Balaban J connectivity index is 1.23. The Hall–Kier alpha value is -1.28. The summed E-state index contributed by atoms with van der Waals surface area (Å²) < 4.78 is 44.9. The van der Waals surface area contributed by atoms with Gasteiger partial charge in [-0.05, 0) is 44.3 Å². The monoisotopic (exact) mass is 394 g/mol. The van der Waals surface area contributed by atoms with E-state index >= 15 is 0 Å². The molecule has 0 bridgehead atoms. The summed E-state index contributed by atoms with van der Waals surface area (Å²) in [5.74, 6) is -0.601. The smallest absolute Gasteiger partial charge is 0.162 e. The zero-order chi connectivity index (χ0) is 19.1. The quantitative estimate of drug-likeness (QED) is 0.830. The third kappa shape index (κ3) is 3.54. The average Bonchev–Trinajstić information content (AvgIpc) is 3.09. The van der Waals surface area contributed by atoms with Crippen molar-refractivity contribution in [3.05, 3.63) is 29.3 Å². The van der Waals surface area contributed by atoms with Gasteiger partial charge < -0.3 is 19.5 Å². The molecular weight excluding hydrogens is 366 g/mol. The Morgan fingerprint density at radius 3 is 2.46 bits per heavy atom. The van der Waals surface area contributed by atoms with Crippen LogP contribution in [0.2, 0.25) is 0 Å². The molecule has 7 heteroatoms. The molecule has 0 amide bonds. The third-order valence-corrected chi connectivity index (χ3v) is 6.80. The molecule has 154 valence electrons. The Kier molecular flexibility index (Phi) is 5.03. The molecule has 1 N–H and O–H groups in total. The number of halogens is 2. The van der Waals surface area contributed by atoms with E-state index in [0.717, 1.165) is 57.6 Å². The number of hydrogen-bond acceptors (Lipinski definition) is 5. The van der Waals surface area contributed by atoms with Crippen LogP contribution in [0.1, 0.15) is 30.7 Å². The molecule has 1 spiro atoms. The standard InChI is InChI=1S/C21H28F2N2O3/c22-18-5-17(20(6-19(18)23)27-10-14-8-26-9-14)15-1-3-25(4-2-15)16-7-21(28-11-16)12-24-13-21/h5-6,14-16,24H,1-4,7-13H2. The van der Waals surface area contributed by atoms with Gasteiger partial charge in [0.2, 0.25) is 0 Å². The van der Waals surface area contributed by atoms with Crippen LogP contribution >= 0.6 is 0 Å². The van der Waals surface area contributed by atoms with E-state index in [2.05, 4.69) is 10.2 Å². The summed E-state index contributed by atoms with van der Waals surface area (Å²) in [6, 6.07) is 3.03. The molecule has 0 aliphatic carbocycles. The highest BCUT2D eigenvalue weighted by molar-refractivity contribution is 5.38. The van der Waals surface area contributed by atoms with Crippen LogP contribution in [-0.4, -0.2) is 69.1 Å². The number of nitrogens with one attached hydrogen (secondary N) is 1. The second-order valence-corrected chi connectivity index (χ2v) is 8.78. The minimum absolute atomic E-state index is 0.0633. The van der Waals surface area contributed by atoms with Crippen LogP contribution in [0.15, 0.2) is 12.1 Å². The Morgan fingerprint density at radius 2 is 1.86 bits per heavy atom. The van der Waals surface area contributed by atoms with Crippen molar-refractivity contribution in [2.45, 2.75) is 36.8 Å². The molecule has 5 rings (SSSR count). The van der Waals surface area contributed by atoms with Crippen LogP contribution < -0.4 is 10.1 Å². The van der Waals surface area contributed by atoms with Crippen LogP contribution in [0.3, 0.4) is 0 Å². The topological polar surface area (TPSA) is 43.0 Å². The summed E-state index contributed by atoms with van der Waals surface area (Å²) in [7, 11) is 0. The Labute approximate surface area is 164 Å². The van der Waals surface area contributed by atoms with E-state index in [1.54, 1.807) is 0 Å². The van der Waals surface area contributed by atoms with Crippen LogP contribution in [0.5, 0.6) is 5.75 Å². The molecule has 4 aliphatic rings. The fraction of sp³-hybridized carbons (Fsp3) is 0.714. The highest BCUT2D eigenvalue weighted by Crippen LogP contribution is 2.39. The molecule has 0 saturated carbocycles. The minimum Gasteiger partial charge on any atom is -0.493 e. The molecule has 1 aromatic carbocycles. The maximum Gasteiger partial charge on any atom is 0.162 e. The fourth-order valence-electron chi connectivity index (χ4n) is 4.86. The van der Waals surface area contributed by atoms with Gasteiger partial charge in [-0.3, -0.25) is 4.90 Å². The Bertz CT molecular complexity index is 716. The van der Waals surface area contributed by atoms with Gasteiger partial charge in [0.25, 0.3) is 0 Å². The molecule has 28 heavy (non-hydrogen) atoms. The molecule has 4 aliphatic heterocycles.